The van der Waals surface area contributed by atoms with Crippen LogP contribution in [0.25, 0.3) is 6.08 Å². The summed E-state index contributed by atoms with van der Waals surface area (Å²) in [5.74, 6) is -1.93. The molecule has 2 bridgehead atoms. The number of likely N-dealkylation sites (N-methyl/N-ethyl adjacent to an activating group) is 1. The molecule has 7 rings (SSSR count). The van der Waals surface area contributed by atoms with Crippen LogP contribution < -0.4 is 5.32 Å². The van der Waals surface area contributed by atoms with E-state index < -0.39 is 83.9 Å². The lowest BCUT2D eigenvalue weighted by atomic mass is 9.62. The van der Waals surface area contributed by atoms with Crippen molar-refractivity contribution in [2.45, 2.75) is 108 Å². The van der Waals surface area contributed by atoms with E-state index in [9.17, 15) is 24.6 Å². The highest BCUT2D eigenvalue weighted by Crippen LogP contribution is 2.56. The SMILES string of the molecule is CN(C(=O)C12CC3OC(=O)C1N(Cc1ccccc1C=CCc1ccccc1O)OC2C1OCOC31)C(Cc1ccccc1)C(=O)NC(CO)CCC(=O)OC(C)(C)C. The van der Waals surface area contributed by atoms with Crippen LogP contribution in [0, 0.1) is 5.41 Å². The number of phenolic OH excluding ortho intramolecular Hbond substituents is 1. The Hall–Kier alpha value is -5.12. The van der Waals surface area contributed by atoms with Gasteiger partial charge in [-0.15, -0.1) is 0 Å². The van der Waals surface area contributed by atoms with Gasteiger partial charge < -0.3 is 39.4 Å². The maximum Gasteiger partial charge on any atom is 0.327 e. The molecular weight excluding hydrogens is 759 g/mol. The maximum atomic E-state index is 15.4. The molecule has 8 unspecified atom stereocenters. The normalized spacial score (nSPS) is 25.8. The van der Waals surface area contributed by atoms with Crippen LogP contribution in [0.5, 0.6) is 5.75 Å². The Morgan fingerprint density at radius 3 is 2.42 bits per heavy atom. The monoisotopic (exact) mass is 811 g/mol. The number of nitrogens with one attached hydrogen (secondary N) is 1. The average Bonchev–Trinajstić information content (AvgIpc) is 3.84. The summed E-state index contributed by atoms with van der Waals surface area (Å²) < 4.78 is 23.4. The van der Waals surface area contributed by atoms with Crippen molar-refractivity contribution in [3.05, 3.63) is 107 Å². The Labute approximate surface area is 344 Å². The van der Waals surface area contributed by atoms with Gasteiger partial charge in [-0.05, 0) is 61.9 Å². The molecule has 3 heterocycles. The fraction of sp³-hybridized carbons (Fsp3) is 0.467. The van der Waals surface area contributed by atoms with Crippen LogP contribution in [-0.2, 0) is 62.3 Å². The number of ether oxygens (including phenoxy) is 4. The highest BCUT2D eigenvalue weighted by atomic mass is 16.8. The highest BCUT2D eigenvalue weighted by Gasteiger charge is 2.75. The molecule has 59 heavy (non-hydrogen) atoms. The molecule has 8 atom stereocenters. The number of rotatable bonds is 15. The number of aromatic hydroxyl groups is 1. The van der Waals surface area contributed by atoms with Gasteiger partial charge in [0, 0.05) is 26.3 Å². The minimum absolute atomic E-state index is 0.0375. The van der Waals surface area contributed by atoms with Gasteiger partial charge in [-0.25, -0.2) is 0 Å². The Morgan fingerprint density at radius 1 is 1.00 bits per heavy atom. The van der Waals surface area contributed by atoms with Crippen molar-refractivity contribution >= 4 is 29.8 Å². The van der Waals surface area contributed by atoms with E-state index in [4.69, 9.17) is 23.8 Å². The van der Waals surface area contributed by atoms with Crippen molar-refractivity contribution in [1.29, 1.82) is 0 Å². The molecule has 14 nitrogen and oxygen atoms in total. The number of aliphatic hydroxyl groups is 1. The Bertz CT molecular complexity index is 2040. The number of benzene rings is 3. The molecule has 1 aliphatic carbocycles. The lowest BCUT2D eigenvalue weighted by Crippen LogP contribution is -2.70. The zero-order valence-corrected chi connectivity index (χ0v) is 33.8. The van der Waals surface area contributed by atoms with Crippen LogP contribution in [0.4, 0.5) is 0 Å². The molecule has 314 valence electrons. The number of amides is 2. The predicted octanol–water partition coefficient (Wildman–Crippen LogP) is 3.86. The van der Waals surface area contributed by atoms with Crippen LogP contribution in [-0.4, -0.2) is 113 Å². The topological polar surface area (TPSA) is 173 Å². The molecule has 3 N–H and O–H groups in total. The van der Waals surface area contributed by atoms with Crippen LogP contribution >= 0.6 is 0 Å². The van der Waals surface area contributed by atoms with E-state index in [0.717, 1.165) is 22.3 Å². The summed E-state index contributed by atoms with van der Waals surface area (Å²) in [6.07, 6.45) is 1.51. The lowest BCUT2D eigenvalue weighted by Gasteiger charge is -2.50. The Morgan fingerprint density at radius 2 is 1.69 bits per heavy atom. The number of phenols is 1. The number of nitrogens with zero attached hydrogens (tertiary/aromatic N) is 2. The zero-order valence-electron chi connectivity index (χ0n) is 33.8. The smallest absolute Gasteiger partial charge is 0.327 e. The van der Waals surface area contributed by atoms with Gasteiger partial charge in [-0.2, -0.15) is 5.06 Å². The van der Waals surface area contributed by atoms with Crippen molar-refractivity contribution in [2.24, 2.45) is 5.41 Å². The molecule has 4 aliphatic rings. The first-order chi connectivity index (χ1) is 28.3. The minimum Gasteiger partial charge on any atom is -0.508 e. The number of esters is 2. The van der Waals surface area contributed by atoms with Crippen LogP contribution in [0.3, 0.4) is 0 Å². The number of aliphatic hydroxyl groups excluding tert-OH is 1. The van der Waals surface area contributed by atoms with Crippen molar-refractivity contribution in [3.63, 3.8) is 0 Å². The van der Waals surface area contributed by atoms with Gasteiger partial charge in [0.25, 0.3) is 0 Å². The van der Waals surface area contributed by atoms with Crippen molar-refractivity contribution in [1.82, 2.24) is 15.3 Å². The number of fused-ring (bicyclic) bond motifs is 4. The molecule has 3 aromatic rings. The quantitative estimate of drug-likeness (QED) is 0.190. The molecule has 14 heteroatoms. The first kappa shape index (κ1) is 42.0. The summed E-state index contributed by atoms with van der Waals surface area (Å²) in [4.78, 5) is 64.5. The maximum absolute atomic E-state index is 15.4. The number of para-hydroxylation sites is 1. The van der Waals surface area contributed by atoms with E-state index in [2.05, 4.69) is 5.32 Å². The van der Waals surface area contributed by atoms with Gasteiger partial charge in [0.15, 0.2) is 6.04 Å². The summed E-state index contributed by atoms with van der Waals surface area (Å²) in [5.41, 5.74) is 1.01. The second kappa shape index (κ2) is 17.6. The number of allylic oxidation sites excluding steroid dienone is 1. The number of hydroxylamine groups is 2. The summed E-state index contributed by atoms with van der Waals surface area (Å²) >= 11 is 0. The third-order valence-electron chi connectivity index (χ3n) is 11.5. The van der Waals surface area contributed by atoms with Gasteiger partial charge in [-0.1, -0.05) is 84.9 Å². The van der Waals surface area contributed by atoms with Crippen LogP contribution in [0.2, 0.25) is 0 Å². The predicted molar refractivity (Wildman–Crippen MR) is 214 cm³/mol. The summed E-state index contributed by atoms with van der Waals surface area (Å²) in [5, 5.41) is 24.9. The number of carbonyl (C=O) groups excluding carboxylic acids is 4. The van der Waals surface area contributed by atoms with Gasteiger partial charge in [0.1, 0.15) is 54.0 Å². The van der Waals surface area contributed by atoms with Crippen LogP contribution in [0.1, 0.15) is 62.3 Å². The highest BCUT2D eigenvalue weighted by molar-refractivity contribution is 5.96. The van der Waals surface area contributed by atoms with Gasteiger partial charge in [0.05, 0.1) is 19.2 Å². The fourth-order valence-electron chi connectivity index (χ4n) is 8.72. The van der Waals surface area contributed by atoms with Gasteiger partial charge in [-0.3, -0.25) is 24.0 Å². The van der Waals surface area contributed by atoms with Crippen molar-refractivity contribution in [3.8, 4) is 5.75 Å². The van der Waals surface area contributed by atoms with Crippen LogP contribution in [0.15, 0.2) is 84.9 Å². The molecule has 3 aliphatic heterocycles. The third-order valence-corrected chi connectivity index (χ3v) is 11.5. The molecule has 3 aromatic carbocycles. The molecule has 2 amide bonds. The van der Waals surface area contributed by atoms with E-state index in [0.29, 0.717) is 6.42 Å². The fourth-order valence-corrected chi connectivity index (χ4v) is 8.72. The molecule has 1 saturated carbocycles. The largest absolute Gasteiger partial charge is 0.508 e. The van der Waals surface area contributed by atoms with E-state index in [1.807, 2.05) is 78.9 Å². The van der Waals surface area contributed by atoms with E-state index in [1.165, 1.54) is 9.96 Å². The first-order valence-corrected chi connectivity index (χ1v) is 20.1. The van der Waals surface area contributed by atoms with E-state index in [-0.39, 0.29) is 44.8 Å². The average molecular weight is 812 g/mol. The molecule has 3 saturated heterocycles. The third kappa shape index (κ3) is 8.92. The standard InChI is InChI=1S/C45H53N3O11/c1-44(2,3)58-36(51)22-21-32(26-49)46-41(52)33(23-28-13-6-5-7-14-28)47(4)43(54)45-24-35-37-38(56-27-55-37)40(45)59-48(39(45)42(53)57-35)25-31-17-9-8-15-29(31)18-12-19-30-16-10-11-20-34(30)50/h5-18,20,32-33,35,37-40,49-50H,19,21-27H2,1-4H3,(H,46,52). The summed E-state index contributed by atoms with van der Waals surface area (Å²) in [7, 11) is 1.54. The Kier molecular flexibility index (Phi) is 12.5. The number of hydrogen-bond donors (Lipinski definition) is 3. The number of hydrogen-bond acceptors (Lipinski definition) is 12. The van der Waals surface area contributed by atoms with Crippen molar-refractivity contribution in [2.75, 3.05) is 20.4 Å². The first-order valence-electron chi connectivity index (χ1n) is 20.1. The second-order valence-electron chi connectivity index (χ2n) is 16.7. The van der Waals surface area contributed by atoms with Gasteiger partial charge >= 0.3 is 11.9 Å². The molecule has 0 spiro atoms. The number of carbonyl (C=O) groups is 4. The zero-order chi connectivity index (χ0) is 41.9. The Balaban J connectivity index is 1.18. The molecule has 4 fully saturated rings. The second-order valence-corrected chi connectivity index (χ2v) is 16.7. The molecule has 0 radical (unpaired) electrons. The van der Waals surface area contributed by atoms with E-state index in [1.54, 1.807) is 40.0 Å². The van der Waals surface area contributed by atoms with E-state index >= 15 is 4.79 Å². The molecular formula is C45H53N3O11. The van der Waals surface area contributed by atoms with Gasteiger partial charge in [0.2, 0.25) is 11.8 Å². The van der Waals surface area contributed by atoms with Crippen molar-refractivity contribution < 1.29 is 53.2 Å². The summed E-state index contributed by atoms with van der Waals surface area (Å²) in [6.45, 7) is 4.89. The minimum atomic E-state index is -1.53. The lowest BCUT2D eigenvalue weighted by molar-refractivity contribution is -0.204. The summed E-state index contributed by atoms with van der Waals surface area (Å²) in [6, 6.07) is 20.9. The molecule has 0 aromatic heterocycles.